The lowest BCUT2D eigenvalue weighted by molar-refractivity contribution is -0.122. The standard InChI is InChI=1S/C33H41N3O2S2/c1-3-5-7-9-10-14-22-35-32(37)30(40-33(35)39)24-27-25-36(28-16-12-11-13-17-28)34-31(27)26-18-20-29(21-19-26)38-23-15-8-6-4-2/h11-13,16-21,24-25H,3-10,14-15,22-23H2,1-2H3/b30-24+. The second kappa shape index (κ2) is 15.8. The van der Waals surface area contributed by atoms with Gasteiger partial charge in [-0.2, -0.15) is 5.10 Å². The van der Waals surface area contributed by atoms with Crippen LogP contribution in [0, 0.1) is 0 Å². The molecule has 0 spiro atoms. The normalized spacial score (nSPS) is 14.4. The van der Waals surface area contributed by atoms with Gasteiger partial charge in [0.15, 0.2) is 0 Å². The Morgan fingerprint density at radius 1 is 0.875 bits per heavy atom. The van der Waals surface area contributed by atoms with Crippen molar-refractivity contribution in [1.82, 2.24) is 14.7 Å². The van der Waals surface area contributed by atoms with Crippen LogP contribution in [0.4, 0.5) is 0 Å². The maximum atomic E-state index is 13.3. The van der Waals surface area contributed by atoms with Crippen LogP contribution in [0.1, 0.15) is 83.6 Å². The molecule has 2 heterocycles. The van der Waals surface area contributed by atoms with Crippen LogP contribution in [0.5, 0.6) is 5.75 Å². The molecule has 1 aliphatic rings. The van der Waals surface area contributed by atoms with Crippen LogP contribution in [-0.2, 0) is 4.79 Å². The largest absolute Gasteiger partial charge is 0.494 e. The average Bonchev–Trinajstić information content (AvgIpc) is 3.51. The van der Waals surface area contributed by atoms with Crippen LogP contribution in [0.15, 0.2) is 65.7 Å². The van der Waals surface area contributed by atoms with E-state index in [4.69, 9.17) is 22.1 Å². The lowest BCUT2D eigenvalue weighted by Gasteiger charge is -2.13. The quantitative estimate of drug-likeness (QED) is 0.0969. The minimum atomic E-state index is -0.00575. The summed E-state index contributed by atoms with van der Waals surface area (Å²) in [6, 6.07) is 18.1. The van der Waals surface area contributed by atoms with E-state index in [1.807, 2.05) is 71.6 Å². The van der Waals surface area contributed by atoms with Crippen molar-refractivity contribution < 1.29 is 9.53 Å². The van der Waals surface area contributed by atoms with E-state index in [1.54, 1.807) is 4.90 Å². The summed E-state index contributed by atoms with van der Waals surface area (Å²) < 4.78 is 8.46. The molecule has 1 aromatic heterocycles. The van der Waals surface area contributed by atoms with E-state index in [0.717, 1.165) is 54.1 Å². The van der Waals surface area contributed by atoms with Crippen molar-refractivity contribution in [3.05, 3.63) is 71.3 Å². The van der Waals surface area contributed by atoms with E-state index in [-0.39, 0.29) is 5.91 Å². The van der Waals surface area contributed by atoms with E-state index in [1.165, 1.54) is 56.7 Å². The molecular weight excluding hydrogens is 535 g/mol. The summed E-state index contributed by atoms with van der Waals surface area (Å²) >= 11 is 6.99. The molecule has 0 saturated carbocycles. The van der Waals surface area contributed by atoms with E-state index < -0.39 is 0 Å². The number of rotatable bonds is 16. The van der Waals surface area contributed by atoms with E-state index in [2.05, 4.69) is 13.8 Å². The first-order chi connectivity index (χ1) is 19.6. The van der Waals surface area contributed by atoms with Crippen LogP contribution in [-0.4, -0.2) is 38.1 Å². The third-order valence-corrected chi connectivity index (χ3v) is 8.43. The number of para-hydroxylation sites is 1. The molecule has 0 aliphatic carbocycles. The molecule has 0 unspecified atom stereocenters. The highest BCUT2D eigenvalue weighted by molar-refractivity contribution is 8.26. The molecule has 3 aromatic rings. The number of carbonyl (C=O) groups is 1. The molecule has 1 amide bonds. The number of hydrogen-bond donors (Lipinski definition) is 0. The van der Waals surface area contributed by atoms with E-state index in [9.17, 15) is 4.79 Å². The van der Waals surface area contributed by atoms with Crippen molar-refractivity contribution in [2.75, 3.05) is 13.2 Å². The minimum Gasteiger partial charge on any atom is -0.494 e. The number of benzene rings is 2. The second-order valence-electron chi connectivity index (χ2n) is 10.2. The Morgan fingerprint density at radius 2 is 1.55 bits per heavy atom. The summed E-state index contributed by atoms with van der Waals surface area (Å²) in [4.78, 5) is 15.7. The van der Waals surface area contributed by atoms with Gasteiger partial charge in [-0.3, -0.25) is 9.69 Å². The van der Waals surface area contributed by atoms with Gasteiger partial charge in [0.25, 0.3) is 5.91 Å². The first-order valence-corrected chi connectivity index (χ1v) is 16.0. The zero-order valence-corrected chi connectivity index (χ0v) is 25.4. The van der Waals surface area contributed by atoms with Gasteiger partial charge in [-0.05, 0) is 55.3 Å². The predicted molar refractivity (Wildman–Crippen MR) is 172 cm³/mol. The SMILES string of the molecule is CCCCCCCCN1C(=O)/C(=C\c2cn(-c3ccccc3)nc2-c2ccc(OCCCCCC)cc2)SC1=S. The number of hydrogen-bond acceptors (Lipinski definition) is 5. The van der Waals surface area contributed by atoms with Gasteiger partial charge in [-0.25, -0.2) is 4.68 Å². The Morgan fingerprint density at radius 3 is 2.27 bits per heavy atom. The molecule has 7 heteroatoms. The number of ether oxygens (including phenoxy) is 1. The van der Waals surface area contributed by atoms with Gasteiger partial charge >= 0.3 is 0 Å². The van der Waals surface area contributed by atoms with Crippen LogP contribution >= 0.6 is 24.0 Å². The number of thiocarbonyl (C=S) groups is 1. The number of nitrogens with zero attached hydrogens (tertiary/aromatic N) is 3. The van der Waals surface area contributed by atoms with Gasteiger partial charge in [-0.1, -0.05) is 107 Å². The molecule has 0 bridgehead atoms. The molecule has 5 nitrogen and oxygen atoms in total. The Kier molecular flexibility index (Phi) is 11.9. The van der Waals surface area contributed by atoms with Gasteiger partial charge < -0.3 is 4.74 Å². The first-order valence-electron chi connectivity index (χ1n) is 14.7. The smallest absolute Gasteiger partial charge is 0.266 e. The minimum absolute atomic E-state index is 0.00575. The van der Waals surface area contributed by atoms with Crippen LogP contribution in [0.3, 0.4) is 0 Å². The zero-order valence-electron chi connectivity index (χ0n) is 23.8. The van der Waals surface area contributed by atoms with Gasteiger partial charge in [0.1, 0.15) is 10.1 Å². The van der Waals surface area contributed by atoms with Gasteiger partial charge in [0.2, 0.25) is 0 Å². The van der Waals surface area contributed by atoms with Crippen molar-refractivity contribution in [2.45, 2.75) is 78.1 Å². The molecule has 0 radical (unpaired) electrons. The lowest BCUT2D eigenvalue weighted by Crippen LogP contribution is -2.29. The number of amides is 1. The second-order valence-corrected chi connectivity index (χ2v) is 11.9. The van der Waals surface area contributed by atoms with Gasteiger partial charge in [0.05, 0.1) is 22.9 Å². The summed E-state index contributed by atoms with van der Waals surface area (Å²) in [6.07, 6.45) is 15.7. The molecule has 0 atom stereocenters. The molecule has 1 fully saturated rings. The van der Waals surface area contributed by atoms with Crippen molar-refractivity contribution in [2.24, 2.45) is 0 Å². The van der Waals surface area contributed by atoms with Gasteiger partial charge in [-0.15, -0.1) is 0 Å². The highest BCUT2D eigenvalue weighted by atomic mass is 32.2. The van der Waals surface area contributed by atoms with Crippen molar-refractivity contribution >= 4 is 40.3 Å². The summed E-state index contributed by atoms with van der Waals surface area (Å²) in [7, 11) is 0. The van der Waals surface area contributed by atoms with E-state index in [0.29, 0.717) is 15.8 Å². The average molecular weight is 576 g/mol. The third kappa shape index (κ3) is 8.31. The Bertz CT molecular complexity index is 1270. The molecule has 40 heavy (non-hydrogen) atoms. The summed E-state index contributed by atoms with van der Waals surface area (Å²) in [5, 5.41) is 4.93. The lowest BCUT2D eigenvalue weighted by atomic mass is 10.1. The van der Waals surface area contributed by atoms with E-state index >= 15 is 0 Å². The highest BCUT2D eigenvalue weighted by Gasteiger charge is 2.32. The molecule has 2 aromatic carbocycles. The maximum absolute atomic E-state index is 13.3. The van der Waals surface area contributed by atoms with Crippen LogP contribution < -0.4 is 4.74 Å². The van der Waals surface area contributed by atoms with Crippen molar-refractivity contribution in [1.29, 1.82) is 0 Å². The van der Waals surface area contributed by atoms with Crippen LogP contribution in [0.25, 0.3) is 23.0 Å². The number of unbranched alkanes of at least 4 members (excludes halogenated alkanes) is 8. The van der Waals surface area contributed by atoms with Gasteiger partial charge in [0, 0.05) is 23.9 Å². The van der Waals surface area contributed by atoms with Crippen molar-refractivity contribution in [3.8, 4) is 22.7 Å². The Hall–Kier alpha value is -2.90. The monoisotopic (exact) mass is 575 g/mol. The Balaban J connectivity index is 1.51. The molecule has 212 valence electrons. The maximum Gasteiger partial charge on any atom is 0.266 e. The summed E-state index contributed by atoms with van der Waals surface area (Å²) in [6.45, 7) is 5.85. The summed E-state index contributed by atoms with van der Waals surface area (Å²) in [5.41, 5.74) is 3.64. The van der Waals surface area contributed by atoms with Crippen molar-refractivity contribution in [3.63, 3.8) is 0 Å². The highest BCUT2D eigenvalue weighted by Crippen LogP contribution is 2.35. The predicted octanol–water partition coefficient (Wildman–Crippen LogP) is 9.06. The molecule has 1 saturated heterocycles. The fraction of sp³-hybridized carbons (Fsp3) is 0.424. The number of aromatic nitrogens is 2. The van der Waals surface area contributed by atoms with Crippen LogP contribution in [0.2, 0.25) is 0 Å². The Labute approximate surface area is 249 Å². The zero-order chi connectivity index (χ0) is 28.2. The molecule has 0 N–H and O–H groups in total. The molecular formula is C33H41N3O2S2. The fourth-order valence-corrected chi connectivity index (χ4v) is 6.04. The topological polar surface area (TPSA) is 47.4 Å². The molecule has 1 aliphatic heterocycles. The first kappa shape index (κ1) is 30.1. The molecule has 4 rings (SSSR count). The number of thioether (sulfide) groups is 1. The fourth-order valence-electron chi connectivity index (χ4n) is 4.74. The third-order valence-electron chi connectivity index (χ3n) is 7.05. The number of carbonyl (C=O) groups excluding carboxylic acids is 1. The summed E-state index contributed by atoms with van der Waals surface area (Å²) in [5.74, 6) is 0.855.